The number of amides is 1. The summed E-state index contributed by atoms with van der Waals surface area (Å²) in [5, 5.41) is 13.0. The molecule has 0 radical (unpaired) electrons. The second-order valence-electron chi connectivity index (χ2n) is 4.84. The first-order valence-electron chi connectivity index (χ1n) is 6.68. The number of rotatable bonds is 4. The number of ether oxygens (including phenoxy) is 2. The van der Waals surface area contributed by atoms with Crippen LogP contribution in [0.15, 0.2) is 18.3 Å². The van der Waals surface area contributed by atoms with Crippen molar-refractivity contribution in [2.75, 3.05) is 14.2 Å². The Balaban J connectivity index is 2.07. The molecule has 6 nitrogen and oxygen atoms in total. The molecule has 2 N–H and O–H groups in total. The number of hydrogen-bond acceptors (Lipinski definition) is 5. The van der Waals surface area contributed by atoms with E-state index in [4.69, 9.17) is 9.47 Å². The molecule has 0 unspecified atom stereocenters. The molecule has 1 saturated carbocycles. The summed E-state index contributed by atoms with van der Waals surface area (Å²) >= 11 is 0. The van der Waals surface area contributed by atoms with Crippen LogP contribution in [-0.4, -0.2) is 48.5 Å². The van der Waals surface area contributed by atoms with Crippen LogP contribution in [0.5, 0.6) is 5.88 Å². The van der Waals surface area contributed by atoms with Crippen LogP contribution in [0.4, 0.5) is 0 Å². The fourth-order valence-corrected chi connectivity index (χ4v) is 2.53. The number of carbonyl (C=O) groups is 1. The summed E-state index contributed by atoms with van der Waals surface area (Å²) in [6.45, 7) is 0. The van der Waals surface area contributed by atoms with Gasteiger partial charge < -0.3 is 19.9 Å². The van der Waals surface area contributed by atoms with E-state index in [0.29, 0.717) is 5.56 Å². The Kier molecular flexibility index (Phi) is 4.92. The molecule has 0 saturated heterocycles. The van der Waals surface area contributed by atoms with E-state index < -0.39 is 6.10 Å². The zero-order valence-corrected chi connectivity index (χ0v) is 11.7. The predicted octanol–water partition coefficient (Wildman–Crippen LogP) is 0.748. The van der Waals surface area contributed by atoms with E-state index >= 15 is 0 Å². The van der Waals surface area contributed by atoms with Crippen LogP contribution in [-0.2, 0) is 4.74 Å². The van der Waals surface area contributed by atoms with Gasteiger partial charge in [0.2, 0.25) is 5.88 Å². The van der Waals surface area contributed by atoms with Gasteiger partial charge in [-0.15, -0.1) is 0 Å². The summed E-state index contributed by atoms with van der Waals surface area (Å²) in [6, 6.07) is 3.00. The topological polar surface area (TPSA) is 80.7 Å². The van der Waals surface area contributed by atoms with Crippen molar-refractivity contribution in [3.8, 4) is 5.88 Å². The zero-order valence-electron chi connectivity index (χ0n) is 11.7. The van der Waals surface area contributed by atoms with Gasteiger partial charge in [-0.3, -0.25) is 4.79 Å². The van der Waals surface area contributed by atoms with Gasteiger partial charge in [-0.25, -0.2) is 4.98 Å². The lowest BCUT2D eigenvalue weighted by atomic mass is 9.89. The van der Waals surface area contributed by atoms with Gasteiger partial charge in [-0.1, -0.05) is 0 Å². The van der Waals surface area contributed by atoms with E-state index in [9.17, 15) is 9.90 Å². The minimum absolute atomic E-state index is 0.232. The second kappa shape index (κ2) is 6.67. The average molecular weight is 280 g/mol. The Morgan fingerprint density at radius 1 is 1.45 bits per heavy atom. The fourth-order valence-electron chi connectivity index (χ4n) is 2.53. The van der Waals surface area contributed by atoms with Crippen molar-refractivity contribution in [1.29, 1.82) is 0 Å². The van der Waals surface area contributed by atoms with Crippen LogP contribution in [0.25, 0.3) is 0 Å². The van der Waals surface area contributed by atoms with Gasteiger partial charge in [0.05, 0.1) is 19.3 Å². The molecular weight excluding hydrogens is 260 g/mol. The molecule has 2 rings (SSSR count). The normalized spacial score (nSPS) is 26.1. The van der Waals surface area contributed by atoms with Gasteiger partial charge in [0, 0.05) is 13.3 Å². The molecule has 20 heavy (non-hydrogen) atoms. The number of hydrogen-bond donors (Lipinski definition) is 2. The summed E-state index contributed by atoms with van der Waals surface area (Å²) in [5.41, 5.74) is 0.363. The lowest BCUT2D eigenvalue weighted by Gasteiger charge is -2.34. The van der Waals surface area contributed by atoms with Gasteiger partial charge in [-0.2, -0.15) is 0 Å². The summed E-state index contributed by atoms with van der Waals surface area (Å²) < 4.78 is 10.3. The summed E-state index contributed by atoms with van der Waals surface area (Å²) in [4.78, 5) is 16.2. The maximum atomic E-state index is 12.3. The summed E-state index contributed by atoms with van der Waals surface area (Å²) in [5.74, 6) is -0.0191. The maximum Gasteiger partial charge on any atom is 0.257 e. The maximum absolute atomic E-state index is 12.3. The highest BCUT2D eigenvalue weighted by Gasteiger charge is 2.33. The Morgan fingerprint density at radius 2 is 2.25 bits per heavy atom. The largest absolute Gasteiger partial charge is 0.480 e. The van der Waals surface area contributed by atoms with Crippen molar-refractivity contribution in [2.24, 2.45) is 0 Å². The molecule has 1 heterocycles. The van der Waals surface area contributed by atoms with Crippen LogP contribution < -0.4 is 10.1 Å². The molecule has 1 aromatic rings. The van der Waals surface area contributed by atoms with Crippen LogP contribution in [0.2, 0.25) is 0 Å². The smallest absolute Gasteiger partial charge is 0.257 e. The zero-order chi connectivity index (χ0) is 14.5. The van der Waals surface area contributed by atoms with Crippen LogP contribution >= 0.6 is 0 Å². The summed E-state index contributed by atoms with van der Waals surface area (Å²) in [6.07, 6.45) is 3.08. The van der Waals surface area contributed by atoms with E-state index in [1.54, 1.807) is 25.4 Å². The number of methoxy groups -OCH3 is 2. The molecule has 1 fully saturated rings. The van der Waals surface area contributed by atoms with E-state index in [1.165, 1.54) is 7.11 Å². The Labute approximate surface area is 118 Å². The first-order valence-corrected chi connectivity index (χ1v) is 6.68. The van der Waals surface area contributed by atoms with Gasteiger partial charge in [0.15, 0.2) is 0 Å². The van der Waals surface area contributed by atoms with Gasteiger partial charge in [0.25, 0.3) is 5.91 Å². The molecule has 110 valence electrons. The molecule has 1 amide bonds. The lowest BCUT2D eigenvalue weighted by molar-refractivity contribution is -0.0513. The van der Waals surface area contributed by atoms with E-state index in [0.717, 1.165) is 19.3 Å². The number of pyridine rings is 1. The fraction of sp³-hybridized carbons (Fsp3) is 0.571. The van der Waals surface area contributed by atoms with Crippen molar-refractivity contribution in [1.82, 2.24) is 10.3 Å². The monoisotopic (exact) mass is 280 g/mol. The Morgan fingerprint density at radius 3 is 2.95 bits per heavy atom. The van der Waals surface area contributed by atoms with Gasteiger partial charge >= 0.3 is 0 Å². The third-order valence-electron chi connectivity index (χ3n) is 3.63. The SMILES string of the molecule is COc1ncccc1C(=O)N[C@@H]1CCC[C@@H](OC)[C@@H]1O. The Bertz CT molecular complexity index is 466. The molecule has 3 atom stereocenters. The van der Waals surface area contributed by atoms with Crippen molar-refractivity contribution in [3.63, 3.8) is 0 Å². The number of carbonyl (C=O) groups excluding carboxylic acids is 1. The number of aromatic nitrogens is 1. The van der Waals surface area contributed by atoms with Crippen LogP contribution in [0.3, 0.4) is 0 Å². The molecule has 1 aliphatic rings. The molecule has 0 aliphatic heterocycles. The highest BCUT2D eigenvalue weighted by Crippen LogP contribution is 2.22. The quantitative estimate of drug-likeness (QED) is 0.850. The van der Waals surface area contributed by atoms with Gasteiger partial charge in [0.1, 0.15) is 11.7 Å². The number of nitrogens with one attached hydrogen (secondary N) is 1. The molecule has 6 heteroatoms. The molecule has 1 aromatic heterocycles. The third-order valence-corrected chi connectivity index (χ3v) is 3.63. The first kappa shape index (κ1) is 14.7. The first-order chi connectivity index (χ1) is 9.67. The molecular formula is C14H20N2O4. The highest BCUT2D eigenvalue weighted by molar-refractivity contribution is 5.96. The number of aliphatic hydroxyl groups is 1. The highest BCUT2D eigenvalue weighted by atomic mass is 16.5. The standard InChI is InChI=1S/C14H20N2O4/c1-19-11-7-3-6-10(12(11)17)16-13(18)9-5-4-8-15-14(9)20-2/h4-5,8,10-12,17H,3,6-7H2,1-2H3,(H,16,18)/t10-,11-,12-/m1/s1. The van der Waals surface area contributed by atoms with Crippen molar-refractivity contribution >= 4 is 5.91 Å². The number of aliphatic hydroxyl groups excluding tert-OH is 1. The minimum atomic E-state index is -0.694. The lowest BCUT2D eigenvalue weighted by Crippen LogP contribution is -2.51. The molecule has 0 spiro atoms. The van der Waals surface area contributed by atoms with Gasteiger partial charge in [-0.05, 0) is 31.4 Å². The minimum Gasteiger partial charge on any atom is -0.480 e. The van der Waals surface area contributed by atoms with E-state index in [1.807, 2.05) is 0 Å². The van der Waals surface area contributed by atoms with Crippen molar-refractivity contribution in [2.45, 2.75) is 37.5 Å². The molecule has 0 aromatic carbocycles. The van der Waals surface area contributed by atoms with Crippen LogP contribution in [0, 0.1) is 0 Å². The number of nitrogens with zero attached hydrogens (tertiary/aromatic N) is 1. The Hall–Kier alpha value is -1.66. The van der Waals surface area contributed by atoms with E-state index in [-0.39, 0.29) is 23.9 Å². The summed E-state index contributed by atoms with van der Waals surface area (Å²) in [7, 11) is 3.04. The van der Waals surface area contributed by atoms with Crippen LogP contribution in [0.1, 0.15) is 29.6 Å². The average Bonchev–Trinajstić information content (AvgIpc) is 2.49. The third kappa shape index (κ3) is 3.08. The molecule has 0 bridgehead atoms. The van der Waals surface area contributed by atoms with Crippen molar-refractivity contribution in [3.05, 3.63) is 23.9 Å². The second-order valence-corrected chi connectivity index (χ2v) is 4.84. The molecule has 1 aliphatic carbocycles. The van der Waals surface area contributed by atoms with Crippen molar-refractivity contribution < 1.29 is 19.4 Å². The van der Waals surface area contributed by atoms with E-state index in [2.05, 4.69) is 10.3 Å². The predicted molar refractivity (Wildman–Crippen MR) is 72.7 cm³/mol.